The molecule has 8 heteroatoms. The number of halogens is 1. The van der Waals surface area contributed by atoms with Gasteiger partial charge < -0.3 is 10.2 Å². The SMILES string of the molecule is Cl.O=C(c1n[nH]c2c1CNCC2)N1CCCCC1c1nccs1. The topological polar surface area (TPSA) is 73.9 Å². The third kappa shape index (κ3) is 3.00. The van der Waals surface area contributed by atoms with Gasteiger partial charge in [0.05, 0.1) is 6.04 Å². The van der Waals surface area contributed by atoms with Gasteiger partial charge >= 0.3 is 0 Å². The van der Waals surface area contributed by atoms with Crippen LogP contribution in [-0.4, -0.2) is 39.1 Å². The molecular weight excluding hydrogens is 334 g/mol. The summed E-state index contributed by atoms with van der Waals surface area (Å²) in [5, 5.41) is 13.7. The Bertz CT molecular complexity index is 671. The molecular formula is C15H20ClN5OS. The number of H-pyrrole nitrogens is 1. The molecule has 4 rings (SSSR count). The molecule has 2 aliphatic rings. The lowest BCUT2D eigenvalue weighted by atomic mass is 10.0. The molecule has 2 aliphatic heterocycles. The number of hydrogen-bond acceptors (Lipinski definition) is 5. The lowest BCUT2D eigenvalue weighted by Gasteiger charge is -2.34. The highest BCUT2D eigenvalue weighted by Gasteiger charge is 2.33. The van der Waals surface area contributed by atoms with Gasteiger partial charge in [0.2, 0.25) is 0 Å². The summed E-state index contributed by atoms with van der Waals surface area (Å²) in [5.41, 5.74) is 2.73. The van der Waals surface area contributed by atoms with Crippen molar-refractivity contribution in [3.05, 3.63) is 33.5 Å². The van der Waals surface area contributed by atoms with E-state index in [2.05, 4.69) is 20.5 Å². The van der Waals surface area contributed by atoms with Crippen LogP contribution in [0.25, 0.3) is 0 Å². The number of aromatic nitrogens is 3. The van der Waals surface area contributed by atoms with Crippen LogP contribution < -0.4 is 5.32 Å². The zero-order valence-electron chi connectivity index (χ0n) is 12.7. The first kappa shape index (κ1) is 16.4. The van der Waals surface area contributed by atoms with Gasteiger partial charge in [0.1, 0.15) is 5.01 Å². The number of likely N-dealkylation sites (tertiary alicyclic amines) is 1. The van der Waals surface area contributed by atoms with E-state index < -0.39 is 0 Å². The molecule has 23 heavy (non-hydrogen) atoms. The Kier molecular flexibility index (Phi) is 4.99. The fourth-order valence-corrected chi connectivity index (χ4v) is 4.15. The normalized spacial score (nSPS) is 20.7. The van der Waals surface area contributed by atoms with Crippen molar-refractivity contribution in [3.8, 4) is 0 Å². The van der Waals surface area contributed by atoms with Gasteiger partial charge in [-0.1, -0.05) is 0 Å². The van der Waals surface area contributed by atoms with Gasteiger partial charge in [0, 0.05) is 48.9 Å². The molecule has 0 radical (unpaired) electrons. The highest BCUT2D eigenvalue weighted by molar-refractivity contribution is 7.09. The van der Waals surface area contributed by atoms with Crippen LogP contribution in [0.5, 0.6) is 0 Å². The van der Waals surface area contributed by atoms with Crippen LogP contribution in [0.4, 0.5) is 0 Å². The smallest absolute Gasteiger partial charge is 0.275 e. The van der Waals surface area contributed by atoms with E-state index in [1.807, 2.05) is 16.5 Å². The molecule has 1 unspecified atom stereocenters. The summed E-state index contributed by atoms with van der Waals surface area (Å²) in [6.07, 6.45) is 5.92. The van der Waals surface area contributed by atoms with E-state index >= 15 is 0 Å². The standard InChI is InChI=1S/C15H19N5OS.ClH/c21-15(13-10-9-16-5-4-11(10)18-19-13)20-7-2-1-3-12(20)14-17-6-8-22-14;/h6,8,12,16H,1-5,7,9H2,(H,18,19);1H. The maximum Gasteiger partial charge on any atom is 0.275 e. The Balaban J connectivity index is 0.00000156. The van der Waals surface area contributed by atoms with Crippen molar-refractivity contribution in [2.45, 2.75) is 38.3 Å². The van der Waals surface area contributed by atoms with Gasteiger partial charge in [0.15, 0.2) is 5.69 Å². The Labute approximate surface area is 145 Å². The van der Waals surface area contributed by atoms with Crippen molar-refractivity contribution < 1.29 is 4.79 Å². The third-order valence-electron chi connectivity index (χ3n) is 4.51. The first-order valence-corrected chi connectivity index (χ1v) is 8.70. The average molecular weight is 354 g/mol. The average Bonchev–Trinajstić information content (AvgIpc) is 3.24. The van der Waals surface area contributed by atoms with Crippen LogP contribution >= 0.6 is 23.7 Å². The molecule has 0 spiro atoms. The minimum atomic E-state index is 0. The molecule has 1 amide bonds. The number of hydrogen-bond donors (Lipinski definition) is 2. The highest BCUT2D eigenvalue weighted by Crippen LogP contribution is 2.33. The molecule has 6 nitrogen and oxygen atoms in total. The Morgan fingerprint density at radius 3 is 3.13 bits per heavy atom. The Morgan fingerprint density at radius 2 is 2.30 bits per heavy atom. The van der Waals surface area contributed by atoms with Gasteiger partial charge in [0.25, 0.3) is 5.91 Å². The van der Waals surface area contributed by atoms with Gasteiger partial charge in [-0.2, -0.15) is 5.10 Å². The number of carbonyl (C=O) groups is 1. The maximum absolute atomic E-state index is 13.0. The molecule has 0 bridgehead atoms. The molecule has 124 valence electrons. The first-order chi connectivity index (χ1) is 10.8. The van der Waals surface area contributed by atoms with Crippen molar-refractivity contribution in [1.29, 1.82) is 0 Å². The van der Waals surface area contributed by atoms with E-state index in [-0.39, 0.29) is 24.4 Å². The number of carbonyl (C=O) groups excluding carboxylic acids is 1. The van der Waals surface area contributed by atoms with Crippen LogP contribution in [0, 0.1) is 0 Å². The van der Waals surface area contributed by atoms with Crippen LogP contribution in [0.15, 0.2) is 11.6 Å². The lowest BCUT2D eigenvalue weighted by Crippen LogP contribution is -2.39. The second-order valence-corrected chi connectivity index (χ2v) is 6.76. The number of rotatable bonds is 2. The molecule has 1 saturated heterocycles. The van der Waals surface area contributed by atoms with E-state index in [1.54, 1.807) is 11.3 Å². The molecule has 2 aromatic rings. The summed E-state index contributed by atoms with van der Waals surface area (Å²) >= 11 is 1.63. The number of amides is 1. The van der Waals surface area contributed by atoms with Gasteiger partial charge in [-0.15, -0.1) is 23.7 Å². The summed E-state index contributed by atoms with van der Waals surface area (Å²) < 4.78 is 0. The van der Waals surface area contributed by atoms with E-state index in [1.165, 1.54) is 0 Å². The van der Waals surface area contributed by atoms with Crippen molar-refractivity contribution >= 4 is 29.7 Å². The summed E-state index contributed by atoms with van der Waals surface area (Å²) in [4.78, 5) is 19.4. The van der Waals surface area contributed by atoms with Crippen LogP contribution in [-0.2, 0) is 13.0 Å². The number of fused-ring (bicyclic) bond motifs is 1. The van der Waals surface area contributed by atoms with Gasteiger partial charge in [-0.3, -0.25) is 9.89 Å². The highest BCUT2D eigenvalue weighted by atomic mass is 35.5. The van der Waals surface area contributed by atoms with Crippen LogP contribution in [0.2, 0.25) is 0 Å². The van der Waals surface area contributed by atoms with Crippen LogP contribution in [0.3, 0.4) is 0 Å². The molecule has 2 aromatic heterocycles. The summed E-state index contributed by atoms with van der Waals surface area (Å²) in [5.74, 6) is 0.0427. The molecule has 1 atom stereocenters. The second kappa shape index (κ2) is 6.98. The van der Waals surface area contributed by atoms with Crippen molar-refractivity contribution in [1.82, 2.24) is 25.4 Å². The van der Waals surface area contributed by atoms with Crippen molar-refractivity contribution in [3.63, 3.8) is 0 Å². The van der Waals surface area contributed by atoms with E-state index in [4.69, 9.17) is 0 Å². The number of piperidine rings is 1. The van der Waals surface area contributed by atoms with Gasteiger partial charge in [-0.05, 0) is 19.3 Å². The third-order valence-corrected chi connectivity index (χ3v) is 5.39. The van der Waals surface area contributed by atoms with E-state index in [0.717, 1.165) is 61.6 Å². The zero-order chi connectivity index (χ0) is 14.9. The number of thiazole rings is 1. The van der Waals surface area contributed by atoms with Crippen molar-refractivity contribution in [2.75, 3.05) is 13.1 Å². The molecule has 0 saturated carbocycles. The molecule has 4 heterocycles. The fraction of sp³-hybridized carbons (Fsp3) is 0.533. The predicted molar refractivity (Wildman–Crippen MR) is 91.0 cm³/mol. The summed E-state index contributed by atoms with van der Waals surface area (Å²) in [6, 6.07) is 0.102. The quantitative estimate of drug-likeness (QED) is 0.868. The molecule has 0 aromatic carbocycles. The number of nitrogens with one attached hydrogen (secondary N) is 2. The molecule has 1 fully saturated rings. The molecule has 2 N–H and O–H groups in total. The largest absolute Gasteiger partial charge is 0.328 e. The summed E-state index contributed by atoms with van der Waals surface area (Å²) in [6.45, 7) is 2.45. The first-order valence-electron chi connectivity index (χ1n) is 7.82. The van der Waals surface area contributed by atoms with Gasteiger partial charge in [-0.25, -0.2) is 4.98 Å². The van der Waals surface area contributed by atoms with Crippen molar-refractivity contribution in [2.24, 2.45) is 0 Å². The lowest BCUT2D eigenvalue weighted by molar-refractivity contribution is 0.0603. The Hall–Kier alpha value is -1.44. The van der Waals surface area contributed by atoms with Crippen LogP contribution in [0.1, 0.15) is 52.1 Å². The monoisotopic (exact) mass is 353 g/mol. The predicted octanol–water partition coefficient (Wildman–Crippen LogP) is 2.30. The Morgan fingerprint density at radius 1 is 1.39 bits per heavy atom. The minimum Gasteiger partial charge on any atom is -0.328 e. The number of aromatic amines is 1. The van der Waals surface area contributed by atoms with E-state index in [0.29, 0.717) is 5.69 Å². The second-order valence-electron chi connectivity index (χ2n) is 5.84. The van der Waals surface area contributed by atoms with E-state index in [9.17, 15) is 4.79 Å². The zero-order valence-corrected chi connectivity index (χ0v) is 14.4. The molecule has 0 aliphatic carbocycles. The number of nitrogens with zero attached hydrogens (tertiary/aromatic N) is 3. The maximum atomic E-state index is 13.0. The minimum absolute atomic E-state index is 0. The summed E-state index contributed by atoms with van der Waals surface area (Å²) in [7, 11) is 0. The fourth-order valence-electron chi connectivity index (χ4n) is 3.37.